The molecule has 1 unspecified atom stereocenters. The minimum Gasteiger partial charge on any atom is -0.398 e. The molecular weight excluding hydrogens is 494 g/mol. The van der Waals surface area contributed by atoms with Crippen LogP contribution in [0.1, 0.15) is 42.2 Å². The van der Waals surface area contributed by atoms with Crippen molar-refractivity contribution in [3.05, 3.63) is 75.7 Å². The molecule has 1 atom stereocenters. The summed E-state index contributed by atoms with van der Waals surface area (Å²) in [4.78, 5) is 27.3. The molecule has 5 rings (SSSR count). The predicted molar refractivity (Wildman–Crippen MR) is 142 cm³/mol. The fraction of sp³-hybridized carbons (Fsp3) is 0.333. The minimum atomic E-state index is -0.984. The van der Waals surface area contributed by atoms with Gasteiger partial charge in [0, 0.05) is 49.8 Å². The van der Waals surface area contributed by atoms with Crippen LogP contribution in [0, 0.1) is 23.0 Å². The van der Waals surface area contributed by atoms with E-state index >= 15 is 0 Å². The molecule has 0 saturated carbocycles. The van der Waals surface area contributed by atoms with Crippen LogP contribution in [0.4, 0.5) is 25.8 Å². The summed E-state index contributed by atoms with van der Waals surface area (Å²) in [6.07, 6.45) is 4.66. The van der Waals surface area contributed by atoms with Gasteiger partial charge >= 0.3 is 0 Å². The maximum Gasteiger partial charge on any atom is 0.276 e. The summed E-state index contributed by atoms with van der Waals surface area (Å²) in [6.45, 7) is 5.59. The monoisotopic (exact) mass is 524 g/mol. The number of para-hydroxylation sites is 1. The molecular formula is C27H30F2N6O3. The molecule has 2 saturated heterocycles. The number of hydrogen-bond acceptors (Lipinski definition) is 7. The van der Waals surface area contributed by atoms with Gasteiger partial charge in [-0.3, -0.25) is 9.59 Å². The summed E-state index contributed by atoms with van der Waals surface area (Å²) >= 11 is 0. The van der Waals surface area contributed by atoms with Crippen molar-refractivity contribution in [2.24, 2.45) is 5.92 Å². The quantitative estimate of drug-likeness (QED) is 0.342. The van der Waals surface area contributed by atoms with Crippen molar-refractivity contribution in [1.29, 1.82) is 5.41 Å². The number of nitrogens with two attached hydrogens (primary N) is 1. The Morgan fingerprint density at radius 1 is 1.13 bits per heavy atom. The largest absolute Gasteiger partial charge is 0.398 e. The van der Waals surface area contributed by atoms with E-state index < -0.39 is 28.8 Å². The Labute approximate surface area is 218 Å². The van der Waals surface area contributed by atoms with Crippen molar-refractivity contribution in [3.63, 3.8) is 0 Å². The van der Waals surface area contributed by atoms with E-state index in [1.165, 1.54) is 25.0 Å². The lowest BCUT2D eigenvalue weighted by atomic mass is 10.1. The molecule has 0 bridgehead atoms. The van der Waals surface area contributed by atoms with Crippen molar-refractivity contribution < 1.29 is 18.3 Å². The number of aromatic nitrogens is 2. The predicted octanol–water partition coefficient (Wildman–Crippen LogP) is 3.99. The number of ether oxygens (including phenoxy) is 1. The molecule has 1 amide bonds. The zero-order valence-corrected chi connectivity index (χ0v) is 21.0. The molecule has 2 aliphatic heterocycles. The highest BCUT2D eigenvalue weighted by molar-refractivity contribution is 6.07. The average Bonchev–Trinajstić information content (AvgIpc) is 3.61. The second-order valence-corrected chi connectivity index (χ2v) is 9.26. The zero-order valence-electron chi connectivity index (χ0n) is 21.0. The number of carbonyl (C=O) groups excluding carboxylic acids is 1. The molecule has 3 aromatic rings. The van der Waals surface area contributed by atoms with Gasteiger partial charge in [-0.15, -0.1) is 0 Å². The van der Waals surface area contributed by atoms with Crippen LogP contribution in [0.3, 0.4) is 0 Å². The van der Waals surface area contributed by atoms with Crippen LogP contribution >= 0.6 is 0 Å². The second-order valence-electron chi connectivity index (χ2n) is 9.26. The summed E-state index contributed by atoms with van der Waals surface area (Å²) in [5.74, 6) is -2.22. The van der Waals surface area contributed by atoms with Crippen molar-refractivity contribution in [3.8, 4) is 5.69 Å². The first-order chi connectivity index (χ1) is 18.3. The fourth-order valence-electron chi connectivity index (χ4n) is 4.44. The highest BCUT2D eigenvalue weighted by Crippen LogP contribution is 2.36. The van der Waals surface area contributed by atoms with Crippen LogP contribution in [-0.2, 0) is 4.74 Å². The third-order valence-electron chi connectivity index (χ3n) is 6.39. The summed E-state index contributed by atoms with van der Waals surface area (Å²) in [5, 5.41) is 14.4. The van der Waals surface area contributed by atoms with Crippen LogP contribution in [0.25, 0.3) is 5.69 Å². The summed E-state index contributed by atoms with van der Waals surface area (Å²) in [7, 11) is 0. The number of halogens is 2. The summed E-state index contributed by atoms with van der Waals surface area (Å²) in [5.41, 5.74) is 6.31. The Bertz CT molecular complexity index is 1360. The van der Waals surface area contributed by atoms with Crippen LogP contribution in [0.15, 0.2) is 47.3 Å². The van der Waals surface area contributed by atoms with Crippen LogP contribution in [0.5, 0.6) is 0 Å². The van der Waals surface area contributed by atoms with Crippen molar-refractivity contribution in [2.75, 3.05) is 42.3 Å². The van der Waals surface area contributed by atoms with Crippen LogP contribution in [0.2, 0.25) is 0 Å². The lowest BCUT2D eigenvalue weighted by Crippen LogP contribution is -2.27. The third-order valence-corrected chi connectivity index (χ3v) is 6.39. The van der Waals surface area contributed by atoms with Gasteiger partial charge in [-0.05, 0) is 55.5 Å². The van der Waals surface area contributed by atoms with E-state index in [0.29, 0.717) is 33.2 Å². The molecule has 1 aromatic heterocycles. The molecule has 3 heterocycles. The van der Waals surface area contributed by atoms with E-state index in [0.717, 1.165) is 57.1 Å². The van der Waals surface area contributed by atoms with Crippen LogP contribution in [-0.4, -0.2) is 48.2 Å². The smallest absolute Gasteiger partial charge is 0.276 e. The van der Waals surface area contributed by atoms with Gasteiger partial charge in [0.15, 0.2) is 11.6 Å². The van der Waals surface area contributed by atoms with E-state index in [4.69, 9.17) is 15.9 Å². The standard InChI is InChI=1S/C23H22F2N6O2.C4H8O/c1-13-9-10-30(12-13)21-14(11-26)17(27)5-6-18(21)28-23(33)19-7-8-20(32)31(29-19)22-15(24)3-2-4-16(22)25;1-2-4-5-3-1/h2-8,11,13,26H,9-10,12,27H2,1H3,(H,28,33);1-4H2. The average molecular weight is 525 g/mol. The molecule has 2 fully saturated rings. The highest BCUT2D eigenvalue weighted by atomic mass is 19.1. The summed E-state index contributed by atoms with van der Waals surface area (Å²) < 4.78 is 33.9. The first kappa shape index (κ1) is 26.9. The van der Waals surface area contributed by atoms with Crippen molar-refractivity contribution >= 4 is 29.2 Å². The number of carbonyl (C=O) groups is 1. The summed E-state index contributed by atoms with van der Waals surface area (Å²) in [6, 6.07) is 8.57. The molecule has 2 aliphatic rings. The second kappa shape index (κ2) is 12.0. The molecule has 200 valence electrons. The molecule has 0 spiro atoms. The fourth-order valence-corrected chi connectivity index (χ4v) is 4.44. The lowest BCUT2D eigenvalue weighted by Gasteiger charge is -2.25. The Kier molecular flexibility index (Phi) is 8.47. The molecule has 38 heavy (non-hydrogen) atoms. The van der Waals surface area contributed by atoms with Gasteiger partial charge in [-0.1, -0.05) is 13.0 Å². The van der Waals surface area contributed by atoms with Crippen molar-refractivity contribution in [2.45, 2.75) is 26.2 Å². The number of nitrogen functional groups attached to an aromatic ring is 1. The number of amides is 1. The van der Waals surface area contributed by atoms with Crippen LogP contribution < -0.4 is 21.5 Å². The lowest BCUT2D eigenvalue weighted by molar-refractivity contribution is 0.102. The van der Waals surface area contributed by atoms with Gasteiger partial charge in [0.2, 0.25) is 0 Å². The third kappa shape index (κ3) is 5.88. The minimum absolute atomic E-state index is 0.216. The molecule has 0 radical (unpaired) electrons. The molecule has 11 heteroatoms. The Morgan fingerprint density at radius 3 is 2.42 bits per heavy atom. The topological polar surface area (TPSA) is 126 Å². The maximum absolute atomic E-state index is 14.2. The van der Waals surface area contributed by atoms with E-state index in [-0.39, 0.29) is 5.69 Å². The van der Waals surface area contributed by atoms with Gasteiger partial charge in [-0.2, -0.15) is 9.78 Å². The molecule has 0 aliphatic carbocycles. The Balaban J connectivity index is 0.000000603. The highest BCUT2D eigenvalue weighted by Gasteiger charge is 2.25. The first-order valence-corrected chi connectivity index (χ1v) is 12.4. The van der Waals surface area contributed by atoms with E-state index in [1.807, 2.05) is 0 Å². The Hall–Kier alpha value is -4.12. The zero-order chi connectivity index (χ0) is 27.2. The first-order valence-electron chi connectivity index (χ1n) is 12.4. The van der Waals surface area contributed by atoms with Gasteiger partial charge in [0.25, 0.3) is 11.5 Å². The van der Waals surface area contributed by atoms with Gasteiger partial charge in [0.1, 0.15) is 11.4 Å². The SMILES string of the molecule is C1CCOC1.CC1CCN(c2c(NC(=O)c3ccc(=O)n(-c4c(F)cccc4F)n3)ccc(N)c2C=N)C1. The van der Waals surface area contributed by atoms with E-state index in [1.54, 1.807) is 12.1 Å². The van der Waals surface area contributed by atoms with Gasteiger partial charge in [0.05, 0.1) is 11.4 Å². The molecule has 9 nitrogen and oxygen atoms in total. The number of nitrogens with zero attached hydrogens (tertiary/aromatic N) is 3. The molecule has 2 aromatic carbocycles. The van der Waals surface area contributed by atoms with Gasteiger partial charge in [-0.25, -0.2) is 8.78 Å². The Morgan fingerprint density at radius 2 is 1.84 bits per heavy atom. The van der Waals surface area contributed by atoms with Crippen molar-refractivity contribution in [1.82, 2.24) is 9.78 Å². The maximum atomic E-state index is 14.2. The number of rotatable bonds is 5. The number of anilines is 3. The number of nitrogens with one attached hydrogen (secondary N) is 2. The number of benzene rings is 2. The van der Waals surface area contributed by atoms with E-state index in [9.17, 15) is 18.4 Å². The normalized spacial score (nSPS) is 16.6. The van der Waals surface area contributed by atoms with E-state index in [2.05, 4.69) is 22.2 Å². The number of hydrogen-bond donors (Lipinski definition) is 3. The van der Waals surface area contributed by atoms with Gasteiger partial charge < -0.3 is 26.1 Å². The molecule has 4 N–H and O–H groups in total.